The number of amides is 1. The summed E-state index contributed by atoms with van der Waals surface area (Å²) in [5, 5.41) is 3.57. The fraction of sp³-hybridized carbons (Fsp3) is 0.533. The molecule has 0 spiro atoms. The van der Waals surface area contributed by atoms with Gasteiger partial charge in [-0.25, -0.2) is 0 Å². The minimum absolute atomic E-state index is 0.153. The van der Waals surface area contributed by atoms with Gasteiger partial charge in [0.15, 0.2) is 0 Å². The summed E-state index contributed by atoms with van der Waals surface area (Å²) in [5.74, 6) is 3.34. The number of hydrogen-bond donors (Lipinski definition) is 2. The molecule has 4 atom stereocenters. The first-order valence-electron chi connectivity index (χ1n) is 7.01. The van der Waals surface area contributed by atoms with Crippen molar-refractivity contribution in [3.63, 3.8) is 0 Å². The van der Waals surface area contributed by atoms with E-state index in [-0.39, 0.29) is 11.8 Å². The molecule has 3 fully saturated rings. The van der Waals surface area contributed by atoms with E-state index >= 15 is 0 Å². The Bertz CT molecular complexity index is 543. The quantitative estimate of drug-likeness (QED) is 0.815. The van der Waals surface area contributed by atoms with Crippen molar-refractivity contribution < 1.29 is 4.79 Å². The van der Waals surface area contributed by atoms with Crippen LogP contribution in [0.5, 0.6) is 0 Å². The number of rotatable bonds is 2. The Balaban J connectivity index is 1.48. The third kappa shape index (κ3) is 1.68. The van der Waals surface area contributed by atoms with Gasteiger partial charge in [0.05, 0.1) is 11.4 Å². The van der Waals surface area contributed by atoms with Crippen LogP contribution in [0.1, 0.15) is 19.3 Å². The summed E-state index contributed by atoms with van der Waals surface area (Å²) in [4.78, 5) is 12.3. The first kappa shape index (κ1) is 11.6. The Morgan fingerprint density at radius 3 is 2.58 bits per heavy atom. The maximum absolute atomic E-state index is 12.3. The van der Waals surface area contributed by atoms with Crippen LogP contribution in [0.4, 0.5) is 11.4 Å². The first-order valence-corrected chi connectivity index (χ1v) is 7.39. The van der Waals surface area contributed by atoms with E-state index in [1.165, 1.54) is 19.3 Å². The number of hydrogen-bond acceptors (Lipinski definition) is 2. The molecule has 3 aliphatic carbocycles. The molecule has 0 heterocycles. The van der Waals surface area contributed by atoms with E-state index in [0.29, 0.717) is 28.2 Å². The molecule has 1 aromatic carbocycles. The number of carbonyl (C=O) groups excluding carboxylic acids is 1. The molecule has 1 amide bonds. The molecular weight excluding hydrogens is 260 g/mol. The third-order valence-electron chi connectivity index (χ3n) is 5.31. The van der Waals surface area contributed by atoms with Crippen LogP contribution in [0, 0.1) is 29.6 Å². The van der Waals surface area contributed by atoms with Gasteiger partial charge >= 0.3 is 0 Å². The van der Waals surface area contributed by atoms with Crippen molar-refractivity contribution in [2.45, 2.75) is 19.3 Å². The summed E-state index contributed by atoms with van der Waals surface area (Å²) in [6.45, 7) is 0. The number of anilines is 2. The zero-order valence-electron chi connectivity index (χ0n) is 10.6. The highest BCUT2D eigenvalue weighted by Crippen LogP contribution is 2.69. The molecule has 0 saturated heterocycles. The standard InChI is InChI=1S/C15H17ClN2O/c16-9-3-4-11(10(17)6-9)18-15(19)14-12-7-1-2-8(5-7)13(12)14/h3-4,6-8,12-14H,1-2,5,17H2,(H,18,19). The Hall–Kier alpha value is -1.22. The molecule has 19 heavy (non-hydrogen) atoms. The van der Waals surface area contributed by atoms with E-state index < -0.39 is 0 Å². The molecule has 100 valence electrons. The van der Waals surface area contributed by atoms with E-state index in [2.05, 4.69) is 5.32 Å². The lowest BCUT2D eigenvalue weighted by Gasteiger charge is -2.11. The monoisotopic (exact) mass is 276 g/mol. The zero-order chi connectivity index (χ0) is 13.1. The number of benzene rings is 1. The second-order valence-corrected chi connectivity index (χ2v) is 6.67. The maximum Gasteiger partial charge on any atom is 0.228 e. The van der Waals surface area contributed by atoms with Gasteiger partial charge < -0.3 is 11.1 Å². The summed E-state index contributed by atoms with van der Waals surface area (Å²) in [7, 11) is 0. The molecule has 3 N–H and O–H groups in total. The minimum atomic E-state index is 0.153. The third-order valence-corrected chi connectivity index (χ3v) is 5.54. The largest absolute Gasteiger partial charge is 0.397 e. The summed E-state index contributed by atoms with van der Waals surface area (Å²) in [5.41, 5.74) is 7.10. The van der Waals surface area contributed by atoms with Crippen LogP contribution < -0.4 is 11.1 Å². The van der Waals surface area contributed by atoms with Gasteiger partial charge in [0.25, 0.3) is 0 Å². The van der Waals surface area contributed by atoms with E-state index in [1.807, 2.05) is 0 Å². The lowest BCUT2D eigenvalue weighted by molar-refractivity contribution is -0.118. The Morgan fingerprint density at radius 2 is 1.95 bits per heavy atom. The van der Waals surface area contributed by atoms with Crippen molar-refractivity contribution in [2.24, 2.45) is 29.6 Å². The molecule has 3 saturated carbocycles. The normalized spacial score (nSPS) is 38.1. The second kappa shape index (κ2) is 3.89. The first-order chi connectivity index (χ1) is 9.15. The van der Waals surface area contributed by atoms with Crippen molar-refractivity contribution in [1.82, 2.24) is 0 Å². The molecule has 2 bridgehead atoms. The minimum Gasteiger partial charge on any atom is -0.397 e. The highest BCUT2D eigenvalue weighted by molar-refractivity contribution is 6.31. The summed E-state index contributed by atoms with van der Waals surface area (Å²) >= 11 is 5.86. The number of halogens is 1. The van der Waals surface area contributed by atoms with Gasteiger partial charge in [0.1, 0.15) is 0 Å². The number of fused-ring (bicyclic) bond motifs is 5. The van der Waals surface area contributed by atoms with Crippen molar-refractivity contribution in [3.05, 3.63) is 23.2 Å². The van der Waals surface area contributed by atoms with Crippen molar-refractivity contribution >= 4 is 28.9 Å². The molecule has 3 aliphatic rings. The van der Waals surface area contributed by atoms with Crippen molar-refractivity contribution in [1.29, 1.82) is 0 Å². The Kier molecular flexibility index (Phi) is 2.37. The van der Waals surface area contributed by atoms with Gasteiger partial charge in [-0.15, -0.1) is 0 Å². The number of nitrogens with one attached hydrogen (secondary N) is 1. The summed E-state index contributed by atoms with van der Waals surface area (Å²) in [6, 6.07) is 5.21. The zero-order valence-corrected chi connectivity index (χ0v) is 11.4. The van der Waals surface area contributed by atoms with Gasteiger partial charge in [-0.3, -0.25) is 4.79 Å². The smallest absolute Gasteiger partial charge is 0.228 e. The van der Waals surface area contributed by atoms with Gasteiger partial charge in [0.2, 0.25) is 5.91 Å². The SMILES string of the molecule is Nc1cc(Cl)ccc1NC(=O)C1C2C3CCC(C3)C12. The average molecular weight is 277 g/mol. The van der Waals surface area contributed by atoms with Crippen LogP contribution >= 0.6 is 11.6 Å². The number of nitrogens with two attached hydrogens (primary N) is 1. The fourth-order valence-electron chi connectivity index (χ4n) is 4.54. The molecule has 0 aliphatic heterocycles. The van der Waals surface area contributed by atoms with E-state index in [0.717, 1.165) is 11.8 Å². The summed E-state index contributed by atoms with van der Waals surface area (Å²) in [6.07, 6.45) is 4.03. The number of carbonyl (C=O) groups is 1. The van der Waals surface area contributed by atoms with Crippen LogP contribution in [-0.2, 0) is 4.79 Å². The van der Waals surface area contributed by atoms with Gasteiger partial charge in [-0.1, -0.05) is 11.6 Å². The Labute approximate surface area is 117 Å². The predicted molar refractivity (Wildman–Crippen MR) is 75.8 cm³/mol. The molecule has 1 aromatic rings. The van der Waals surface area contributed by atoms with E-state index in [9.17, 15) is 4.79 Å². The highest BCUT2D eigenvalue weighted by atomic mass is 35.5. The Morgan fingerprint density at radius 1 is 1.26 bits per heavy atom. The fourth-order valence-corrected chi connectivity index (χ4v) is 4.72. The molecule has 0 aromatic heterocycles. The van der Waals surface area contributed by atoms with Crippen LogP contribution in [0.2, 0.25) is 5.02 Å². The molecule has 4 heteroatoms. The highest BCUT2D eigenvalue weighted by Gasteiger charge is 2.67. The van der Waals surface area contributed by atoms with Crippen LogP contribution in [0.3, 0.4) is 0 Å². The van der Waals surface area contributed by atoms with Gasteiger partial charge in [-0.2, -0.15) is 0 Å². The summed E-state index contributed by atoms with van der Waals surface area (Å²) < 4.78 is 0. The van der Waals surface area contributed by atoms with Gasteiger partial charge in [-0.05, 0) is 61.1 Å². The molecular formula is C15H17ClN2O. The molecule has 0 radical (unpaired) electrons. The van der Waals surface area contributed by atoms with Crippen molar-refractivity contribution in [3.8, 4) is 0 Å². The molecule has 3 nitrogen and oxygen atoms in total. The van der Waals surface area contributed by atoms with Crippen molar-refractivity contribution in [2.75, 3.05) is 11.1 Å². The van der Waals surface area contributed by atoms with Gasteiger partial charge in [0, 0.05) is 10.9 Å². The van der Waals surface area contributed by atoms with Crippen LogP contribution in [0.15, 0.2) is 18.2 Å². The predicted octanol–water partition coefficient (Wildman–Crippen LogP) is 3.15. The molecule has 4 unspecified atom stereocenters. The van der Waals surface area contributed by atoms with Crippen LogP contribution in [0.25, 0.3) is 0 Å². The maximum atomic E-state index is 12.3. The number of nitrogen functional groups attached to an aromatic ring is 1. The molecule has 4 rings (SSSR count). The van der Waals surface area contributed by atoms with E-state index in [1.54, 1.807) is 18.2 Å². The average Bonchev–Trinajstić information content (AvgIpc) is 2.82. The lowest BCUT2D eigenvalue weighted by atomic mass is 10.0. The van der Waals surface area contributed by atoms with Crippen LogP contribution in [-0.4, -0.2) is 5.91 Å². The second-order valence-electron chi connectivity index (χ2n) is 6.23. The topological polar surface area (TPSA) is 55.1 Å². The van der Waals surface area contributed by atoms with E-state index in [4.69, 9.17) is 17.3 Å². The lowest BCUT2D eigenvalue weighted by Crippen LogP contribution is -2.19.